The zero-order chi connectivity index (χ0) is 26.4. The molecule has 0 fully saturated rings. The summed E-state index contributed by atoms with van der Waals surface area (Å²) in [5.74, 6) is 0.621. The van der Waals surface area contributed by atoms with Gasteiger partial charge in [-0.2, -0.15) is 9.78 Å². The summed E-state index contributed by atoms with van der Waals surface area (Å²) in [7, 11) is 4.59. The number of nitrogens with one attached hydrogen (secondary N) is 1. The van der Waals surface area contributed by atoms with Gasteiger partial charge in [0.25, 0.3) is 0 Å². The van der Waals surface area contributed by atoms with Crippen LogP contribution in [0.3, 0.4) is 0 Å². The van der Waals surface area contributed by atoms with Crippen LogP contribution < -0.4 is 19.5 Å². The van der Waals surface area contributed by atoms with Gasteiger partial charge in [-0.1, -0.05) is 30.3 Å². The van der Waals surface area contributed by atoms with Crippen LogP contribution in [0.15, 0.2) is 72.8 Å². The van der Waals surface area contributed by atoms with Gasteiger partial charge in [-0.05, 0) is 48.0 Å². The number of benzene rings is 3. The van der Waals surface area contributed by atoms with Gasteiger partial charge in [-0.25, -0.2) is 0 Å². The molecule has 190 valence electrons. The molecule has 0 saturated carbocycles. The summed E-state index contributed by atoms with van der Waals surface area (Å²) in [6.07, 6.45) is 0. The van der Waals surface area contributed by atoms with Crippen LogP contribution in [-0.4, -0.2) is 49.6 Å². The smallest absolute Gasteiger partial charge is 0.309 e. The quantitative estimate of drug-likeness (QED) is 0.331. The average Bonchev–Trinajstić information content (AvgIpc) is 3.27. The lowest BCUT2D eigenvalue weighted by molar-refractivity contribution is -0.132. The molecular weight excluding hydrogens is 474 g/mol. The van der Waals surface area contributed by atoms with E-state index >= 15 is 0 Å². The van der Waals surface area contributed by atoms with Gasteiger partial charge in [0.15, 0.2) is 11.5 Å². The topological polar surface area (TPSA) is 101 Å². The van der Waals surface area contributed by atoms with E-state index in [0.29, 0.717) is 28.4 Å². The minimum absolute atomic E-state index is 0.0500. The first-order valence-corrected chi connectivity index (χ1v) is 11.4. The van der Waals surface area contributed by atoms with E-state index in [1.807, 2.05) is 54.6 Å². The molecule has 0 saturated heterocycles. The molecule has 1 heterocycles. The van der Waals surface area contributed by atoms with Crippen molar-refractivity contribution in [3.05, 3.63) is 72.8 Å². The largest absolute Gasteiger partial charge is 0.493 e. The highest BCUT2D eigenvalue weighted by molar-refractivity contribution is 5.93. The van der Waals surface area contributed by atoms with Gasteiger partial charge in [0.05, 0.1) is 25.5 Å². The Kier molecular flexibility index (Phi) is 7.85. The number of hydrogen-bond acceptors (Lipinski definition) is 7. The number of amides is 1. The first-order chi connectivity index (χ1) is 17.9. The van der Waals surface area contributed by atoms with E-state index in [1.165, 1.54) is 14.0 Å². The minimum atomic E-state index is -0.486. The number of rotatable bonds is 9. The number of carbonyl (C=O) groups is 2. The van der Waals surface area contributed by atoms with E-state index in [2.05, 4.69) is 5.32 Å². The van der Waals surface area contributed by atoms with Gasteiger partial charge >= 0.3 is 5.97 Å². The highest BCUT2D eigenvalue weighted by Gasteiger charge is 2.25. The van der Waals surface area contributed by atoms with Gasteiger partial charge in [-0.3, -0.25) is 9.59 Å². The van der Waals surface area contributed by atoms with Crippen LogP contribution in [0.2, 0.25) is 0 Å². The molecule has 0 aliphatic rings. The van der Waals surface area contributed by atoms with Crippen LogP contribution in [0.5, 0.6) is 17.4 Å². The molecule has 9 nitrogen and oxygen atoms in total. The molecule has 0 aliphatic heterocycles. The Hall–Kier alpha value is -4.63. The maximum atomic E-state index is 12.2. The molecule has 0 radical (unpaired) electrons. The fraction of sp³-hybridized carbons (Fsp3) is 0.179. The fourth-order valence-corrected chi connectivity index (χ4v) is 3.87. The maximum Gasteiger partial charge on any atom is 0.309 e. The zero-order valence-corrected chi connectivity index (χ0v) is 21.0. The van der Waals surface area contributed by atoms with Gasteiger partial charge in [0.1, 0.15) is 12.3 Å². The van der Waals surface area contributed by atoms with Crippen molar-refractivity contribution < 1.29 is 28.5 Å². The Balaban J connectivity index is 1.92. The molecule has 37 heavy (non-hydrogen) atoms. The van der Waals surface area contributed by atoms with Crippen molar-refractivity contribution in [2.24, 2.45) is 0 Å². The number of esters is 1. The summed E-state index contributed by atoms with van der Waals surface area (Å²) < 4.78 is 23.1. The van der Waals surface area contributed by atoms with E-state index in [0.717, 1.165) is 16.8 Å². The predicted molar refractivity (Wildman–Crippen MR) is 139 cm³/mol. The summed E-state index contributed by atoms with van der Waals surface area (Å²) in [4.78, 5) is 24.1. The highest BCUT2D eigenvalue weighted by Crippen LogP contribution is 2.43. The van der Waals surface area contributed by atoms with E-state index in [1.54, 1.807) is 37.1 Å². The second kappa shape index (κ2) is 11.4. The molecular formula is C28H27N3O6. The molecule has 1 aromatic heterocycles. The monoisotopic (exact) mass is 501 g/mol. The minimum Gasteiger partial charge on any atom is -0.493 e. The van der Waals surface area contributed by atoms with Crippen molar-refractivity contribution in [2.75, 3.05) is 33.3 Å². The second-order valence-electron chi connectivity index (χ2n) is 8.00. The highest BCUT2D eigenvalue weighted by atomic mass is 16.5. The third-order valence-corrected chi connectivity index (χ3v) is 5.47. The molecule has 0 bridgehead atoms. The molecule has 0 aliphatic carbocycles. The molecule has 3 aromatic carbocycles. The standard InChI is InChI=1S/C28H27N3O6/c1-18(32)37-28-26(19-10-13-21(14-11-19)29-25(33)17-34-2)27(30-31(28)22-8-6-5-7-9-22)20-12-15-23(35-3)24(16-20)36-4/h5-16H,17H2,1-4H3,(H,29,33). The summed E-state index contributed by atoms with van der Waals surface area (Å²) in [5, 5.41) is 7.64. The average molecular weight is 502 g/mol. The number of hydrogen-bond donors (Lipinski definition) is 1. The lowest BCUT2D eigenvalue weighted by Crippen LogP contribution is -2.16. The van der Waals surface area contributed by atoms with Crippen molar-refractivity contribution in [2.45, 2.75) is 6.92 Å². The van der Waals surface area contributed by atoms with Gasteiger partial charge in [0.2, 0.25) is 11.8 Å². The molecule has 4 rings (SSSR count). The van der Waals surface area contributed by atoms with Crippen molar-refractivity contribution in [1.29, 1.82) is 0 Å². The Morgan fingerprint density at radius 3 is 2.16 bits per heavy atom. The van der Waals surface area contributed by atoms with Crippen molar-refractivity contribution in [1.82, 2.24) is 9.78 Å². The maximum absolute atomic E-state index is 12.2. The normalized spacial score (nSPS) is 10.6. The number of anilines is 1. The van der Waals surface area contributed by atoms with E-state index < -0.39 is 5.97 Å². The number of para-hydroxylation sites is 1. The molecule has 1 N–H and O–H groups in total. The fourth-order valence-electron chi connectivity index (χ4n) is 3.87. The molecule has 1 amide bonds. The third kappa shape index (κ3) is 5.62. The SMILES string of the molecule is COCC(=O)Nc1ccc(-c2c(-c3ccc(OC)c(OC)c3)nn(-c3ccccc3)c2OC(C)=O)cc1. The van der Waals surface area contributed by atoms with Gasteiger partial charge < -0.3 is 24.3 Å². The Morgan fingerprint density at radius 1 is 0.865 bits per heavy atom. The second-order valence-corrected chi connectivity index (χ2v) is 8.00. The Morgan fingerprint density at radius 2 is 1.54 bits per heavy atom. The first kappa shape index (κ1) is 25.5. The number of methoxy groups -OCH3 is 3. The molecule has 4 aromatic rings. The Labute approximate surface area is 214 Å². The van der Waals surface area contributed by atoms with Crippen molar-refractivity contribution in [3.8, 4) is 45.5 Å². The van der Waals surface area contributed by atoms with Crippen LogP contribution in [-0.2, 0) is 14.3 Å². The summed E-state index contributed by atoms with van der Waals surface area (Å²) in [5.41, 5.74) is 3.94. The van der Waals surface area contributed by atoms with Gasteiger partial charge in [0, 0.05) is 25.3 Å². The molecule has 0 atom stereocenters. The molecule has 0 spiro atoms. The number of aromatic nitrogens is 2. The number of nitrogens with zero attached hydrogens (tertiary/aromatic N) is 2. The van der Waals surface area contributed by atoms with Crippen LogP contribution in [0.1, 0.15) is 6.92 Å². The number of carbonyl (C=O) groups excluding carboxylic acids is 2. The summed E-state index contributed by atoms with van der Waals surface area (Å²) in [6, 6.07) is 22.0. The summed E-state index contributed by atoms with van der Waals surface area (Å²) >= 11 is 0. The van der Waals surface area contributed by atoms with Crippen LogP contribution >= 0.6 is 0 Å². The first-order valence-electron chi connectivity index (χ1n) is 11.4. The van der Waals surface area contributed by atoms with Crippen LogP contribution in [0.4, 0.5) is 5.69 Å². The Bertz CT molecular complexity index is 1400. The van der Waals surface area contributed by atoms with E-state index in [4.69, 9.17) is 24.0 Å². The van der Waals surface area contributed by atoms with Crippen LogP contribution in [0, 0.1) is 0 Å². The van der Waals surface area contributed by atoms with Crippen molar-refractivity contribution in [3.63, 3.8) is 0 Å². The predicted octanol–water partition coefficient (Wildman–Crippen LogP) is 4.73. The zero-order valence-electron chi connectivity index (χ0n) is 21.0. The van der Waals surface area contributed by atoms with E-state index in [9.17, 15) is 9.59 Å². The molecule has 9 heteroatoms. The van der Waals surface area contributed by atoms with Gasteiger partial charge in [-0.15, -0.1) is 0 Å². The van der Waals surface area contributed by atoms with E-state index in [-0.39, 0.29) is 18.4 Å². The lowest BCUT2D eigenvalue weighted by atomic mass is 10.0. The number of ether oxygens (including phenoxy) is 4. The van der Waals surface area contributed by atoms with Crippen LogP contribution in [0.25, 0.3) is 28.1 Å². The third-order valence-electron chi connectivity index (χ3n) is 5.47. The van der Waals surface area contributed by atoms with Crippen molar-refractivity contribution >= 4 is 17.6 Å². The molecule has 0 unspecified atom stereocenters. The lowest BCUT2D eigenvalue weighted by Gasteiger charge is -2.11. The summed E-state index contributed by atoms with van der Waals surface area (Å²) in [6.45, 7) is 1.29.